The first-order valence-electron chi connectivity index (χ1n) is 9.19. The van der Waals surface area contributed by atoms with Crippen molar-refractivity contribution in [3.8, 4) is 5.75 Å². The second-order valence-corrected chi connectivity index (χ2v) is 7.44. The Morgan fingerprint density at radius 3 is 2.78 bits per heavy atom. The summed E-state index contributed by atoms with van der Waals surface area (Å²) >= 11 is 6.06. The highest BCUT2D eigenvalue weighted by Crippen LogP contribution is 2.28. The zero-order chi connectivity index (χ0) is 18.7. The minimum atomic E-state index is -0.444. The summed E-state index contributed by atoms with van der Waals surface area (Å²) in [6.45, 7) is 3.62. The lowest BCUT2D eigenvalue weighted by Gasteiger charge is -2.33. The Hall–Kier alpha value is -1.50. The Kier molecular flexibility index (Phi) is 7.77. The molecular weight excluding hydrogens is 389 g/mol. The van der Waals surface area contributed by atoms with Crippen LogP contribution in [0.15, 0.2) is 18.2 Å². The molecule has 2 fully saturated rings. The van der Waals surface area contributed by atoms with Gasteiger partial charge in [0.2, 0.25) is 5.91 Å². The number of rotatable bonds is 4. The van der Waals surface area contributed by atoms with E-state index in [4.69, 9.17) is 16.3 Å². The van der Waals surface area contributed by atoms with Crippen molar-refractivity contribution in [1.29, 1.82) is 0 Å². The Labute approximate surface area is 171 Å². The highest BCUT2D eigenvalue weighted by atomic mass is 35.5. The van der Waals surface area contributed by atoms with E-state index >= 15 is 0 Å². The molecule has 8 heteroatoms. The topological polar surface area (TPSA) is 70.7 Å². The molecule has 0 spiro atoms. The molecule has 3 unspecified atom stereocenters. The molecule has 150 valence electrons. The van der Waals surface area contributed by atoms with Crippen LogP contribution in [0.4, 0.5) is 0 Å². The van der Waals surface area contributed by atoms with E-state index in [0.29, 0.717) is 29.3 Å². The van der Waals surface area contributed by atoms with Gasteiger partial charge in [-0.2, -0.15) is 0 Å². The third-order valence-electron chi connectivity index (χ3n) is 5.30. The van der Waals surface area contributed by atoms with E-state index in [-0.39, 0.29) is 36.3 Å². The minimum absolute atomic E-state index is 0. The lowest BCUT2D eigenvalue weighted by Crippen LogP contribution is -2.56. The van der Waals surface area contributed by atoms with Gasteiger partial charge in [0, 0.05) is 23.7 Å². The maximum atomic E-state index is 13.0. The molecule has 2 aliphatic heterocycles. The average Bonchev–Trinajstić information content (AvgIpc) is 3.13. The van der Waals surface area contributed by atoms with E-state index in [0.717, 1.165) is 25.8 Å². The summed E-state index contributed by atoms with van der Waals surface area (Å²) in [6.07, 6.45) is 3.49. The van der Waals surface area contributed by atoms with Crippen molar-refractivity contribution in [3.63, 3.8) is 0 Å². The molecule has 6 nitrogen and oxygen atoms in total. The number of hydrogen-bond acceptors (Lipinski definition) is 4. The summed E-state index contributed by atoms with van der Waals surface area (Å²) in [5.74, 6) is 0.185. The molecule has 2 heterocycles. The number of nitrogens with zero attached hydrogens (tertiary/aromatic N) is 1. The van der Waals surface area contributed by atoms with E-state index in [1.54, 1.807) is 23.1 Å². The van der Waals surface area contributed by atoms with E-state index in [1.165, 1.54) is 7.11 Å². The molecule has 0 radical (unpaired) electrons. The monoisotopic (exact) mass is 415 g/mol. The van der Waals surface area contributed by atoms with Gasteiger partial charge in [0.15, 0.2) is 0 Å². The van der Waals surface area contributed by atoms with Crippen LogP contribution in [0.5, 0.6) is 5.75 Å². The van der Waals surface area contributed by atoms with Crippen molar-refractivity contribution in [3.05, 3.63) is 28.8 Å². The molecule has 27 heavy (non-hydrogen) atoms. The molecular formula is C19H27Cl2N3O3. The smallest absolute Gasteiger partial charge is 0.258 e. The van der Waals surface area contributed by atoms with Crippen LogP contribution < -0.4 is 15.4 Å². The molecule has 2 N–H and O–H groups in total. The lowest BCUT2D eigenvalue weighted by atomic mass is 9.99. The summed E-state index contributed by atoms with van der Waals surface area (Å²) in [6, 6.07) is 4.86. The van der Waals surface area contributed by atoms with Crippen LogP contribution in [0.3, 0.4) is 0 Å². The van der Waals surface area contributed by atoms with Gasteiger partial charge in [-0.05, 0) is 57.4 Å². The van der Waals surface area contributed by atoms with Crippen molar-refractivity contribution < 1.29 is 14.3 Å². The molecule has 0 aromatic heterocycles. The number of ether oxygens (including phenoxy) is 1. The number of amides is 2. The third kappa shape index (κ3) is 4.86. The largest absolute Gasteiger partial charge is 0.496 e. The second kappa shape index (κ2) is 9.62. The zero-order valence-electron chi connectivity index (χ0n) is 15.7. The van der Waals surface area contributed by atoms with Gasteiger partial charge in [-0.1, -0.05) is 11.6 Å². The van der Waals surface area contributed by atoms with Gasteiger partial charge in [0.05, 0.1) is 12.7 Å². The van der Waals surface area contributed by atoms with Gasteiger partial charge >= 0.3 is 0 Å². The van der Waals surface area contributed by atoms with E-state index < -0.39 is 6.04 Å². The maximum Gasteiger partial charge on any atom is 0.258 e. The van der Waals surface area contributed by atoms with Crippen molar-refractivity contribution >= 4 is 35.8 Å². The van der Waals surface area contributed by atoms with Crippen molar-refractivity contribution in [1.82, 2.24) is 15.5 Å². The molecule has 0 bridgehead atoms. The quantitative estimate of drug-likeness (QED) is 0.792. The number of carbonyl (C=O) groups is 2. The molecule has 2 aliphatic rings. The van der Waals surface area contributed by atoms with E-state index in [9.17, 15) is 9.59 Å². The van der Waals surface area contributed by atoms with E-state index in [1.807, 2.05) is 0 Å². The normalized spacial score (nSPS) is 24.9. The van der Waals surface area contributed by atoms with Crippen molar-refractivity contribution in [2.75, 3.05) is 20.2 Å². The van der Waals surface area contributed by atoms with Gasteiger partial charge in [0.1, 0.15) is 11.8 Å². The Morgan fingerprint density at radius 2 is 2.07 bits per heavy atom. The number of carbonyl (C=O) groups excluding carboxylic acids is 2. The minimum Gasteiger partial charge on any atom is -0.496 e. The molecule has 3 atom stereocenters. The van der Waals surface area contributed by atoms with Crippen LogP contribution in [-0.2, 0) is 4.79 Å². The molecule has 0 aliphatic carbocycles. The molecule has 3 rings (SSSR count). The zero-order valence-corrected chi connectivity index (χ0v) is 17.2. The van der Waals surface area contributed by atoms with Crippen LogP contribution >= 0.6 is 24.0 Å². The Balaban J connectivity index is 0.00000261. The summed E-state index contributed by atoms with van der Waals surface area (Å²) in [4.78, 5) is 27.5. The van der Waals surface area contributed by atoms with Crippen LogP contribution in [0.1, 0.15) is 43.0 Å². The number of likely N-dealkylation sites (tertiary alicyclic amines) is 1. The molecule has 1 aromatic rings. The number of nitrogens with one attached hydrogen (secondary N) is 2. The summed E-state index contributed by atoms with van der Waals surface area (Å²) in [5, 5.41) is 6.99. The maximum absolute atomic E-state index is 13.0. The standard InChI is InChI=1S/C19H26ClN3O3.ClH/c1-12-15(5-3-9-21-12)22-18(24)16-6-4-10-23(16)19(25)14-11-13(20)7-8-17(14)26-2;/h7-8,11-12,15-16,21H,3-6,9-10H2,1-2H3,(H,22,24);1H. The molecule has 2 saturated heterocycles. The molecule has 2 amide bonds. The van der Waals surface area contributed by atoms with Gasteiger partial charge in [0.25, 0.3) is 5.91 Å². The van der Waals surface area contributed by atoms with Gasteiger partial charge in [-0.3, -0.25) is 9.59 Å². The highest BCUT2D eigenvalue weighted by Gasteiger charge is 2.37. The summed E-state index contributed by atoms with van der Waals surface area (Å²) < 4.78 is 5.30. The Bertz CT molecular complexity index is 686. The second-order valence-electron chi connectivity index (χ2n) is 7.00. The number of hydrogen-bond donors (Lipinski definition) is 2. The lowest BCUT2D eigenvalue weighted by molar-refractivity contribution is -0.125. The van der Waals surface area contributed by atoms with Crippen LogP contribution in [0.2, 0.25) is 5.02 Å². The molecule has 0 saturated carbocycles. The fourth-order valence-electron chi connectivity index (χ4n) is 3.80. The molecule has 1 aromatic carbocycles. The predicted molar refractivity (Wildman–Crippen MR) is 108 cm³/mol. The third-order valence-corrected chi connectivity index (χ3v) is 5.53. The number of piperidine rings is 1. The van der Waals surface area contributed by atoms with Crippen LogP contribution in [0, 0.1) is 0 Å². The van der Waals surface area contributed by atoms with Gasteiger partial charge in [-0.15, -0.1) is 12.4 Å². The first kappa shape index (κ1) is 21.8. The van der Waals surface area contributed by atoms with Gasteiger partial charge < -0.3 is 20.3 Å². The SMILES string of the molecule is COc1ccc(Cl)cc1C(=O)N1CCCC1C(=O)NC1CCCNC1C.Cl. The summed E-state index contributed by atoms with van der Waals surface area (Å²) in [7, 11) is 1.52. The number of benzene rings is 1. The fraction of sp³-hybridized carbons (Fsp3) is 0.579. The fourth-order valence-corrected chi connectivity index (χ4v) is 3.98. The first-order valence-corrected chi connectivity index (χ1v) is 9.57. The van der Waals surface area contributed by atoms with E-state index in [2.05, 4.69) is 17.6 Å². The van der Waals surface area contributed by atoms with Crippen molar-refractivity contribution in [2.45, 2.75) is 50.7 Å². The van der Waals surface area contributed by atoms with Gasteiger partial charge in [-0.25, -0.2) is 0 Å². The number of halogens is 2. The van der Waals surface area contributed by atoms with Crippen molar-refractivity contribution in [2.24, 2.45) is 0 Å². The Morgan fingerprint density at radius 1 is 1.30 bits per heavy atom. The average molecular weight is 416 g/mol. The number of methoxy groups -OCH3 is 1. The van der Waals surface area contributed by atoms with Crippen LogP contribution in [0.25, 0.3) is 0 Å². The first-order chi connectivity index (χ1) is 12.5. The van der Waals surface area contributed by atoms with Crippen LogP contribution in [-0.4, -0.2) is 55.0 Å². The predicted octanol–water partition coefficient (Wildman–Crippen LogP) is 2.63. The highest BCUT2D eigenvalue weighted by molar-refractivity contribution is 6.31. The summed E-state index contributed by atoms with van der Waals surface area (Å²) in [5.41, 5.74) is 0.396.